The third-order valence-corrected chi connectivity index (χ3v) is 5.02. The van der Waals surface area contributed by atoms with Gasteiger partial charge in [-0.25, -0.2) is 13.4 Å². The number of nitrogens with one attached hydrogen (secondary N) is 2. The van der Waals surface area contributed by atoms with E-state index in [1.807, 2.05) is 18.2 Å². The number of aromatic nitrogens is 1. The van der Waals surface area contributed by atoms with Crippen LogP contribution in [-0.4, -0.2) is 20.4 Å². The molecule has 0 radical (unpaired) electrons. The standard InChI is InChI=1S/C15H17N3O2S/c1-16-15-8-7-14(10-17-15)21(19,20)18-13-6-5-11-3-2-4-12(11)9-13/h5-10,18H,2-4H2,1H3,(H,16,17). The van der Waals surface area contributed by atoms with Gasteiger partial charge >= 0.3 is 0 Å². The monoisotopic (exact) mass is 303 g/mol. The van der Waals surface area contributed by atoms with Crippen molar-refractivity contribution in [2.75, 3.05) is 17.1 Å². The maximum absolute atomic E-state index is 12.3. The lowest BCUT2D eigenvalue weighted by Gasteiger charge is -2.10. The van der Waals surface area contributed by atoms with Crippen LogP contribution in [0.3, 0.4) is 0 Å². The van der Waals surface area contributed by atoms with Crippen molar-refractivity contribution in [2.24, 2.45) is 0 Å². The fraction of sp³-hybridized carbons (Fsp3) is 0.267. The fourth-order valence-electron chi connectivity index (χ4n) is 2.54. The van der Waals surface area contributed by atoms with Gasteiger partial charge in [0.25, 0.3) is 10.0 Å². The van der Waals surface area contributed by atoms with E-state index in [4.69, 9.17) is 0 Å². The van der Waals surface area contributed by atoms with Crippen LogP contribution in [0.2, 0.25) is 0 Å². The van der Waals surface area contributed by atoms with Gasteiger partial charge in [-0.15, -0.1) is 0 Å². The minimum Gasteiger partial charge on any atom is -0.373 e. The van der Waals surface area contributed by atoms with Gasteiger partial charge in [0.2, 0.25) is 0 Å². The number of pyridine rings is 1. The van der Waals surface area contributed by atoms with Gasteiger partial charge in [-0.1, -0.05) is 6.07 Å². The molecule has 0 saturated heterocycles. The average molecular weight is 303 g/mol. The Kier molecular flexibility index (Phi) is 3.55. The minimum atomic E-state index is -3.60. The number of hydrogen-bond donors (Lipinski definition) is 2. The number of fused-ring (bicyclic) bond motifs is 1. The smallest absolute Gasteiger partial charge is 0.263 e. The summed E-state index contributed by atoms with van der Waals surface area (Å²) in [5, 5.41) is 2.86. The number of aryl methyl sites for hydroxylation is 2. The Labute approximate surface area is 124 Å². The number of sulfonamides is 1. The largest absolute Gasteiger partial charge is 0.373 e. The summed E-state index contributed by atoms with van der Waals surface area (Å²) >= 11 is 0. The van der Waals surface area contributed by atoms with Crippen molar-refractivity contribution in [1.29, 1.82) is 0 Å². The van der Waals surface area contributed by atoms with Crippen LogP contribution >= 0.6 is 0 Å². The summed E-state index contributed by atoms with van der Waals surface area (Å²) in [7, 11) is -1.86. The molecular weight excluding hydrogens is 286 g/mol. The molecule has 1 aromatic heterocycles. The van der Waals surface area contributed by atoms with Crippen LogP contribution < -0.4 is 10.0 Å². The molecule has 6 heteroatoms. The summed E-state index contributed by atoms with van der Waals surface area (Å²) in [5.41, 5.74) is 3.16. The molecule has 1 aromatic carbocycles. The molecule has 0 aliphatic heterocycles. The Hall–Kier alpha value is -2.08. The highest BCUT2D eigenvalue weighted by molar-refractivity contribution is 7.92. The highest BCUT2D eigenvalue weighted by Crippen LogP contribution is 2.26. The molecule has 0 fully saturated rings. The van der Waals surface area contributed by atoms with Gasteiger partial charge < -0.3 is 5.32 Å². The minimum absolute atomic E-state index is 0.155. The molecule has 0 amide bonds. The van der Waals surface area contributed by atoms with Gasteiger partial charge in [0.1, 0.15) is 10.7 Å². The number of hydrogen-bond acceptors (Lipinski definition) is 4. The van der Waals surface area contributed by atoms with Crippen molar-refractivity contribution in [1.82, 2.24) is 4.98 Å². The van der Waals surface area contributed by atoms with Gasteiger partial charge in [0.05, 0.1) is 0 Å². The maximum atomic E-state index is 12.3. The second kappa shape index (κ2) is 5.37. The lowest BCUT2D eigenvalue weighted by Crippen LogP contribution is -2.13. The van der Waals surface area contributed by atoms with Crippen molar-refractivity contribution >= 4 is 21.5 Å². The normalized spacial score (nSPS) is 13.8. The Balaban J connectivity index is 1.85. The molecule has 3 rings (SSSR count). The lowest BCUT2D eigenvalue weighted by molar-refractivity contribution is 0.601. The Morgan fingerprint density at radius 2 is 1.90 bits per heavy atom. The SMILES string of the molecule is CNc1ccc(S(=O)(=O)Nc2ccc3c(c2)CCC3)cn1. The quantitative estimate of drug-likeness (QED) is 0.910. The summed E-state index contributed by atoms with van der Waals surface area (Å²) in [6.45, 7) is 0. The Bertz CT molecular complexity index is 755. The van der Waals surface area contributed by atoms with Crippen LogP contribution in [0.15, 0.2) is 41.4 Å². The number of nitrogens with zero attached hydrogens (tertiary/aromatic N) is 1. The fourth-order valence-corrected chi connectivity index (χ4v) is 3.53. The first kappa shape index (κ1) is 13.9. The molecule has 5 nitrogen and oxygen atoms in total. The number of rotatable bonds is 4. The molecule has 0 spiro atoms. The van der Waals surface area contributed by atoms with E-state index in [0.29, 0.717) is 11.5 Å². The van der Waals surface area contributed by atoms with E-state index >= 15 is 0 Å². The van der Waals surface area contributed by atoms with Gasteiger partial charge in [0, 0.05) is 18.9 Å². The molecule has 2 aromatic rings. The van der Waals surface area contributed by atoms with Gasteiger partial charge in [-0.3, -0.25) is 4.72 Å². The van der Waals surface area contributed by atoms with Crippen LogP contribution in [0.1, 0.15) is 17.5 Å². The van der Waals surface area contributed by atoms with E-state index in [9.17, 15) is 8.42 Å². The van der Waals surface area contributed by atoms with Crippen molar-refractivity contribution in [3.63, 3.8) is 0 Å². The molecule has 1 aliphatic rings. The zero-order valence-electron chi connectivity index (χ0n) is 11.8. The molecule has 2 N–H and O–H groups in total. The molecule has 1 heterocycles. The third-order valence-electron chi connectivity index (χ3n) is 3.65. The molecule has 1 aliphatic carbocycles. The predicted octanol–water partition coefficient (Wildman–Crippen LogP) is 2.41. The van der Waals surface area contributed by atoms with Crippen LogP contribution in [0.25, 0.3) is 0 Å². The Morgan fingerprint density at radius 1 is 1.10 bits per heavy atom. The molecular formula is C15H17N3O2S. The van der Waals surface area contributed by atoms with E-state index in [-0.39, 0.29) is 4.90 Å². The van der Waals surface area contributed by atoms with Gasteiger partial charge in [0.15, 0.2) is 0 Å². The first-order chi connectivity index (χ1) is 10.1. The maximum Gasteiger partial charge on any atom is 0.263 e. The second-order valence-electron chi connectivity index (χ2n) is 5.07. The highest BCUT2D eigenvalue weighted by atomic mass is 32.2. The second-order valence-corrected chi connectivity index (χ2v) is 6.75. The van der Waals surface area contributed by atoms with Crippen molar-refractivity contribution in [3.05, 3.63) is 47.7 Å². The van der Waals surface area contributed by atoms with Crippen LogP contribution in [0.5, 0.6) is 0 Å². The first-order valence-electron chi connectivity index (χ1n) is 6.87. The molecule has 21 heavy (non-hydrogen) atoms. The van der Waals surface area contributed by atoms with E-state index in [1.54, 1.807) is 13.1 Å². The summed E-state index contributed by atoms with van der Waals surface area (Å²) in [6.07, 6.45) is 4.59. The number of anilines is 2. The predicted molar refractivity (Wildman–Crippen MR) is 83.1 cm³/mol. The van der Waals surface area contributed by atoms with E-state index in [1.165, 1.54) is 23.4 Å². The topological polar surface area (TPSA) is 71.1 Å². The van der Waals surface area contributed by atoms with Gasteiger partial charge in [-0.2, -0.15) is 0 Å². The van der Waals surface area contributed by atoms with Crippen LogP contribution in [-0.2, 0) is 22.9 Å². The summed E-state index contributed by atoms with van der Waals surface area (Å²) < 4.78 is 27.3. The Morgan fingerprint density at radius 3 is 2.62 bits per heavy atom. The third kappa shape index (κ3) is 2.85. The molecule has 0 unspecified atom stereocenters. The van der Waals surface area contributed by atoms with Gasteiger partial charge in [-0.05, 0) is 54.7 Å². The number of benzene rings is 1. The van der Waals surface area contributed by atoms with E-state index in [2.05, 4.69) is 15.0 Å². The lowest BCUT2D eigenvalue weighted by atomic mass is 10.1. The van der Waals surface area contributed by atoms with Crippen LogP contribution in [0, 0.1) is 0 Å². The van der Waals surface area contributed by atoms with Crippen LogP contribution in [0.4, 0.5) is 11.5 Å². The van der Waals surface area contributed by atoms with Crippen molar-refractivity contribution in [3.8, 4) is 0 Å². The summed E-state index contributed by atoms with van der Waals surface area (Å²) in [5.74, 6) is 0.631. The molecule has 0 atom stereocenters. The molecule has 0 saturated carbocycles. The zero-order valence-corrected chi connectivity index (χ0v) is 12.6. The molecule has 0 bridgehead atoms. The van der Waals surface area contributed by atoms with E-state index in [0.717, 1.165) is 19.3 Å². The first-order valence-corrected chi connectivity index (χ1v) is 8.35. The summed E-state index contributed by atoms with van der Waals surface area (Å²) in [6, 6.07) is 8.92. The highest BCUT2D eigenvalue weighted by Gasteiger charge is 2.17. The summed E-state index contributed by atoms with van der Waals surface area (Å²) in [4.78, 5) is 4.19. The van der Waals surface area contributed by atoms with Crippen molar-refractivity contribution < 1.29 is 8.42 Å². The molecule has 110 valence electrons. The zero-order chi connectivity index (χ0) is 14.9. The van der Waals surface area contributed by atoms with Crippen molar-refractivity contribution in [2.45, 2.75) is 24.2 Å². The average Bonchev–Trinajstić information content (AvgIpc) is 2.94. The van der Waals surface area contributed by atoms with E-state index < -0.39 is 10.0 Å².